The number of rotatable bonds is 6. The maximum absolute atomic E-state index is 12.0. The van der Waals surface area contributed by atoms with Crippen molar-refractivity contribution < 1.29 is 14.6 Å². The van der Waals surface area contributed by atoms with E-state index in [2.05, 4.69) is 27.9 Å². The molecular formula is C20H40N4O3. The number of carbonyl (C=O) groups is 1. The average molecular weight is 385 g/mol. The molecule has 0 heterocycles. The van der Waals surface area contributed by atoms with E-state index in [0.717, 1.165) is 32.2 Å². The van der Waals surface area contributed by atoms with Gasteiger partial charge in [-0.25, -0.2) is 4.79 Å². The smallest absolute Gasteiger partial charge is 0.408 e. The van der Waals surface area contributed by atoms with Crippen molar-refractivity contribution in [3.05, 3.63) is 0 Å². The minimum atomic E-state index is -0.543. The quantitative estimate of drug-likeness (QED) is 0.417. The molecule has 0 bridgehead atoms. The molecule has 1 amide bonds. The van der Waals surface area contributed by atoms with Gasteiger partial charge < -0.3 is 25.8 Å². The average Bonchev–Trinajstić information content (AvgIpc) is 2.51. The van der Waals surface area contributed by atoms with Crippen LogP contribution in [0.4, 0.5) is 4.79 Å². The first kappa shape index (κ1) is 23.5. The van der Waals surface area contributed by atoms with Crippen LogP contribution in [0.5, 0.6) is 0 Å². The van der Waals surface area contributed by atoms with Crippen LogP contribution in [0.25, 0.3) is 0 Å². The molecule has 0 spiro atoms. The van der Waals surface area contributed by atoms with Crippen molar-refractivity contribution >= 4 is 12.1 Å². The van der Waals surface area contributed by atoms with Crippen molar-refractivity contribution in [2.75, 3.05) is 19.6 Å². The highest BCUT2D eigenvalue weighted by atomic mass is 16.6. The Bertz CT molecular complexity index is 514. The standard InChI is InChI=1S/C20H40N4O3/c1-8-21-16(23-14-20(7)12-10-9-11-15(20)25)22-13-19(5,6)24-17(26)27-18(2,3)4/h15,25H,8-14H2,1-7H3,(H,24,26)(H2,21,22,23). The van der Waals surface area contributed by atoms with E-state index in [1.54, 1.807) is 0 Å². The van der Waals surface area contributed by atoms with Crippen LogP contribution in [-0.4, -0.2) is 54.0 Å². The molecule has 7 nitrogen and oxygen atoms in total. The first-order valence-corrected chi connectivity index (χ1v) is 10.1. The third-order valence-corrected chi connectivity index (χ3v) is 4.76. The molecule has 1 rings (SSSR count). The molecule has 1 aliphatic carbocycles. The van der Waals surface area contributed by atoms with Crippen LogP contribution in [0.3, 0.4) is 0 Å². The van der Waals surface area contributed by atoms with Crippen LogP contribution in [0, 0.1) is 5.41 Å². The molecular weight excluding hydrogens is 344 g/mol. The molecule has 0 aromatic rings. The number of guanidine groups is 1. The van der Waals surface area contributed by atoms with Gasteiger partial charge in [-0.15, -0.1) is 0 Å². The van der Waals surface area contributed by atoms with Gasteiger partial charge >= 0.3 is 6.09 Å². The largest absolute Gasteiger partial charge is 0.444 e. The van der Waals surface area contributed by atoms with Crippen molar-refractivity contribution in [1.82, 2.24) is 16.0 Å². The van der Waals surface area contributed by atoms with E-state index in [1.807, 2.05) is 41.5 Å². The number of amides is 1. The van der Waals surface area contributed by atoms with E-state index < -0.39 is 17.2 Å². The Morgan fingerprint density at radius 2 is 1.89 bits per heavy atom. The number of hydrogen-bond acceptors (Lipinski definition) is 4. The van der Waals surface area contributed by atoms with E-state index in [1.165, 1.54) is 0 Å². The number of aliphatic imine (C=N–C) groups is 1. The van der Waals surface area contributed by atoms with Gasteiger partial charge in [0.2, 0.25) is 0 Å². The molecule has 0 aliphatic heterocycles. The molecule has 1 saturated carbocycles. The van der Waals surface area contributed by atoms with Crippen LogP contribution in [0.1, 0.15) is 74.1 Å². The van der Waals surface area contributed by atoms with Gasteiger partial charge in [0.15, 0.2) is 5.96 Å². The molecule has 2 unspecified atom stereocenters. The normalized spacial score (nSPS) is 24.3. The number of alkyl carbamates (subject to hydrolysis) is 1. The van der Waals surface area contributed by atoms with E-state index in [4.69, 9.17) is 4.74 Å². The number of nitrogens with one attached hydrogen (secondary N) is 3. The lowest BCUT2D eigenvalue weighted by Crippen LogP contribution is -2.50. The fourth-order valence-corrected chi connectivity index (χ4v) is 3.11. The summed E-state index contributed by atoms with van der Waals surface area (Å²) in [6.07, 6.45) is 3.38. The van der Waals surface area contributed by atoms with Gasteiger partial charge in [0.05, 0.1) is 18.2 Å². The first-order chi connectivity index (χ1) is 12.4. The zero-order valence-electron chi connectivity index (χ0n) is 18.2. The monoisotopic (exact) mass is 384 g/mol. The molecule has 158 valence electrons. The van der Waals surface area contributed by atoms with Gasteiger partial charge in [-0.1, -0.05) is 19.8 Å². The Kier molecular flexibility index (Phi) is 8.39. The third kappa shape index (κ3) is 8.82. The summed E-state index contributed by atoms with van der Waals surface area (Å²) in [5, 5.41) is 19.8. The summed E-state index contributed by atoms with van der Waals surface area (Å²) >= 11 is 0. The van der Waals surface area contributed by atoms with Crippen molar-refractivity contribution in [2.24, 2.45) is 10.4 Å². The Labute approximate surface area is 164 Å². The molecule has 0 radical (unpaired) electrons. The minimum absolute atomic E-state index is 0.140. The fourth-order valence-electron chi connectivity index (χ4n) is 3.11. The van der Waals surface area contributed by atoms with Gasteiger partial charge in [0.1, 0.15) is 5.60 Å². The fraction of sp³-hybridized carbons (Fsp3) is 0.900. The Morgan fingerprint density at radius 3 is 2.44 bits per heavy atom. The topological polar surface area (TPSA) is 95.0 Å². The summed E-state index contributed by atoms with van der Waals surface area (Å²) in [6, 6.07) is 0. The van der Waals surface area contributed by atoms with Gasteiger partial charge in [0, 0.05) is 18.5 Å². The van der Waals surface area contributed by atoms with E-state index in [9.17, 15) is 9.90 Å². The highest BCUT2D eigenvalue weighted by Gasteiger charge is 2.35. The predicted octanol–water partition coefficient (Wildman–Crippen LogP) is 2.79. The number of aliphatic hydroxyl groups excluding tert-OH is 1. The van der Waals surface area contributed by atoms with E-state index in [0.29, 0.717) is 19.0 Å². The lowest BCUT2D eigenvalue weighted by Gasteiger charge is -2.39. The lowest BCUT2D eigenvalue weighted by molar-refractivity contribution is 0.00396. The molecule has 1 aliphatic rings. The maximum Gasteiger partial charge on any atom is 0.408 e. The summed E-state index contributed by atoms with van der Waals surface area (Å²) in [4.78, 5) is 16.6. The molecule has 1 fully saturated rings. The zero-order valence-corrected chi connectivity index (χ0v) is 18.2. The van der Waals surface area contributed by atoms with Crippen molar-refractivity contribution in [3.63, 3.8) is 0 Å². The highest BCUT2D eigenvalue weighted by molar-refractivity contribution is 5.80. The molecule has 0 saturated heterocycles. The lowest BCUT2D eigenvalue weighted by atomic mass is 9.73. The van der Waals surface area contributed by atoms with E-state index >= 15 is 0 Å². The van der Waals surface area contributed by atoms with Crippen molar-refractivity contribution in [2.45, 2.75) is 91.4 Å². The number of carbonyl (C=O) groups excluding carboxylic acids is 1. The first-order valence-electron chi connectivity index (χ1n) is 10.1. The summed E-state index contributed by atoms with van der Waals surface area (Å²) in [5.41, 5.74) is -1.21. The Morgan fingerprint density at radius 1 is 1.22 bits per heavy atom. The number of hydrogen-bond donors (Lipinski definition) is 4. The summed E-state index contributed by atoms with van der Waals surface area (Å²) in [7, 11) is 0. The van der Waals surface area contributed by atoms with Gasteiger partial charge in [-0.05, 0) is 54.4 Å². The predicted molar refractivity (Wildman–Crippen MR) is 110 cm³/mol. The summed E-state index contributed by atoms with van der Waals surface area (Å²) in [5.74, 6) is 0.690. The Balaban J connectivity index is 2.64. The summed E-state index contributed by atoms with van der Waals surface area (Å²) < 4.78 is 5.32. The second kappa shape index (κ2) is 9.62. The molecule has 7 heteroatoms. The number of nitrogens with zero attached hydrogens (tertiary/aromatic N) is 1. The number of ether oxygens (including phenoxy) is 1. The summed E-state index contributed by atoms with van der Waals surface area (Å²) in [6.45, 7) is 15.3. The maximum atomic E-state index is 12.0. The number of aliphatic hydroxyl groups is 1. The Hall–Kier alpha value is -1.50. The van der Waals surface area contributed by atoms with E-state index in [-0.39, 0.29) is 11.5 Å². The van der Waals surface area contributed by atoms with Crippen LogP contribution >= 0.6 is 0 Å². The highest BCUT2D eigenvalue weighted by Crippen LogP contribution is 2.35. The molecule has 4 N–H and O–H groups in total. The zero-order chi connectivity index (χ0) is 20.7. The molecule has 2 atom stereocenters. The third-order valence-electron chi connectivity index (χ3n) is 4.76. The van der Waals surface area contributed by atoms with Crippen molar-refractivity contribution in [3.8, 4) is 0 Å². The van der Waals surface area contributed by atoms with Crippen molar-refractivity contribution in [1.29, 1.82) is 0 Å². The molecule has 0 aromatic heterocycles. The second-order valence-corrected chi connectivity index (χ2v) is 9.48. The van der Waals surface area contributed by atoms with Crippen LogP contribution in [0.2, 0.25) is 0 Å². The van der Waals surface area contributed by atoms with Gasteiger partial charge in [0.25, 0.3) is 0 Å². The SMILES string of the molecule is CCNC(=NCC(C)(C)NC(=O)OC(C)(C)C)NCC1(C)CCCCC1O. The second-order valence-electron chi connectivity index (χ2n) is 9.48. The minimum Gasteiger partial charge on any atom is -0.444 e. The van der Waals surface area contributed by atoms with Crippen LogP contribution in [-0.2, 0) is 4.74 Å². The molecule has 27 heavy (non-hydrogen) atoms. The van der Waals surface area contributed by atoms with Gasteiger partial charge in [-0.2, -0.15) is 0 Å². The van der Waals surface area contributed by atoms with Gasteiger partial charge in [-0.3, -0.25) is 4.99 Å². The molecule has 0 aromatic carbocycles. The van der Waals surface area contributed by atoms with Crippen LogP contribution < -0.4 is 16.0 Å². The van der Waals surface area contributed by atoms with Crippen LogP contribution in [0.15, 0.2) is 4.99 Å².